The summed E-state index contributed by atoms with van der Waals surface area (Å²) in [6, 6.07) is -0.527. The molecule has 1 saturated heterocycles. The number of unbranched alkanes of at least 4 members (excludes halogenated alkanes) is 5. The van der Waals surface area contributed by atoms with E-state index in [1.54, 1.807) is 13.8 Å². The predicted octanol–water partition coefficient (Wildman–Crippen LogP) is 5.74. The van der Waals surface area contributed by atoms with Crippen LogP contribution in [0.1, 0.15) is 131 Å². The number of carbonyl (C=O) groups excluding carboxylic acids is 2. The Morgan fingerprint density at radius 2 is 1.57 bits per heavy atom. The third-order valence-corrected chi connectivity index (χ3v) is 9.71. The number of carboxylic acid groups (broad SMARTS) is 1. The minimum atomic E-state index is -1.00. The standard InChI is InChI=1S/C31H55N3O6/c1-6-7-8-9-10-12-16-30(17-15-18-30)34(27(32)38)31(19-13-11-14-20-31)23(26(36)37)21-33-25(35)24-28(2,3)22-39-29(4,5)40-24/h23-24H,6-22H2,1-5H3,(H2,32,38)(H,33,35)(H,36,37). The van der Waals surface area contributed by atoms with Gasteiger partial charge in [-0.25, -0.2) is 4.79 Å². The topological polar surface area (TPSA) is 131 Å². The maximum Gasteiger partial charge on any atom is 0.315 e. The summed E-state index contributed by atoms with van der Waals surface area (Å²) >= 11 is 0. The Balaban J connectivity index is 1.84. The Morgan fingerprint density at radius 1 is 0.950 bits per heavy atom. The molecule has 2 aliphatic carbocycles. The first kappa shape index (κ1) is 32.6. The molecule has 2 saturated carbocycles. The first-order chi connectivity index (χ1) is 18.8. The second kappa shape index (κ2) is 13.4. The first-order valence-electron chi connectivity index (χ1n) is 15.7. The van der Waals surface area contributed by atoms with Gasteiger partial charge in [-0.2, -0.15) is 0 Å². The smallest absolute Gasteiger partial charge is 0.315 e. The van der Waals surface area contributed by atoms with E-state index in [-0.39, 0.29) is 12.5 Å². The molecular formula is C31H55N3O6. The lowest BCUT2D eigenvalue weighted by atomic mass is 9.64. The number of nitrogens with two attached hydrogens (primary N) is 1. The number of ether oxygens (including phenoxy) is 2. The molecule has 0 aromatic heterocycles. The Kier molecular flexibility index (Phi) is 10.9. The summed E-state index contributed by atoms with van der Waals surface area (Å²) < 4.78 is 11.7. The van der Waals surface area contributed by atoms with Crippen LogP contribution in [0.25, 0.3) is 0 Å². The van der Waals surface area contributed by atoms with Crippen LogP contribution in [0.5, 0.6) is 0 Å². The highest BCUT2D eigenvalue weighted by atomic mass is 16.7. The van der Waals surface area contributed by atoms with E-state index in [4.69, 9.17) is 15.2 Å². The van der Waals surface area contributed by atoms with Crippen molar-refractivity contribution in [1.29, 1.82) is 0 Å². The van der Waals surface area contributed by atoms with Gasteiger partial charge in [-0.15, -0.1) is 0 Å². The number of carboxylic acids is 1. The predicted molar refractivity (Wildman–Crippen MR) is 155 cm³/mol. The minimum Gasteiger partial charge on any atom is -0.481 e. The molecule has 2 unspecified atom stereocenters. The van der Waals surface area contributed by atoms with Gasteiger partial charge in [0.1, 0.15) is 6.10 Å². The molecule has 3 amide bonds. The summed E-state index contributed by atoms with van der Waals surface area (Å²) in [6.07, 6.45) is 13.5. The van der Waals surface area contributed by atoms with E-state index in [1.807, 2.05) is 18.7 Å². The second-order valence-electron chi connectivity index (χ2n) is 13.7. The molecule has 1 aliphatic heterocycles. The molecule has 3 fully saturated rings. The van der Waals surface area contributed by atoms with Gasteiger partial charge >= 0.3 is 12.0 Å². The van der Waals surface area contributed by atoms with Crippen LogP contribution in [0, 0.1) is 11.3 Å². The fraction of sp³-hybridized carbons (Fsp3) is 0.903. The Hall–Kier alpha value is -1.87. The van der Waals surface area contributed by atoms with Crippen LogP contribution < -0.4 is 11.1 Å². The molecule has 4 N–H and O–H groups in total. The fourth-order valence-electron chi connectivity index (χ4n) is 7.35. The van der Waals surface area contributed by atoms with Gasteiger partial charge in [0.25, 0.3) is 0 Å². The summed E-state index contributed by atoms with van der Waals surface area (Å²) in [4.78, 5) is 41.5. The van der Waals surface area contributed by atoms with Crippen molar-refractivity contribution in [3.63, 3.8) is 0 Å². The molecule has 9 nitrogen and oxygen atoms in total. The van der Waals surface area contributed by atoms with Gasteiger partial charge < -0.3 is 30.5 Å². The molecule has 0 spiro atoms. The summed E-state index contributed by atoms with van der Waals surface area (Å²) in [5.74, 6) is -3.24. The van der Waals surface area contributed by atoms with Crippen molar-refractivity contribution in [3.05, 3.63) is 0 Å². The van der Waals surface area contributed by atoms with Crippen molar-refractivity contribution in [2.45, 2.75) is 154 Å². The minimum absolute atomic E-state index is 0.0811. The maximum atomic E-state index is 13.4. The van der Waals surface area contributed by atoms with E-state index in [2.05, 4.69) is 12.2 Å². The lowest BCUT2D eigenvalue weighted by Crippen LogP contribution is -2.71. The van der Waals surface area contributed by atoms with Crippen LogP contribution in [0.4, 0.5) is 4.79 Å². The molecule has 0 bridgehead atoms. The molecule has 3 rings (SSSR count). The van der Waals surface area contributed by atoms with Crippen molar-refractivity contribution >= 4 is 17.9 Å². The Morgan fingerprint density at radius 3 is 2.12 bits per heavy atom. The van der Waals surface area contributed by atoms with Crippen LogP contribution >= 0.6 is 0 Å². The van der Waals surface area contributed by atoms with Crippen LogP contribution in [-0.2, 0) is 19.1 Å². The van der Waals surface area contributed by atoms with E-state index < -0.39 is 46.3 Å². The molecule has 40 heavy (non-hydrogen) atoms. The van der Waals surface area contributed by atoms with Crippen LogP contribution in [0.15, 0.2) is 0 Å². The zero-order valence-corrected chi connectivity index (χ0v) is 25.7. The van der Waals surface area contributed by atoms with Crippen molar-refractivity contribution < 1.29 is 29.0 Å². The first-order valence-corrected chi connectivity index (χ1v) is 15.7. The molecule has 2 atom stereocenters. The molecule has 1 heterocycles. The quantitative estimate of drug-likeness (QED) is 0.230. The van der Waals surface area contributed by atoms with E-state index in [0.717, 1.165) is 57.8 Å². The Bertz CT molecular complexity index is 878. The van der Waals surface area contributed by atoms with Crippen LogP contribution in [0.2, 0.25) is 0 Å². The molecule has 9 heteroatoms. The number of aliphatic carboxylic acids is 1. The zero-order valence-electron chi connectivity index (χ0n) is 25.7. The Labute approximate surface area is 241 Å². The molecule has 0 aromatic rings. The van der Waals surface area contributed by atoms with Gasteiger partial charge in [0.05, 0.1) is 18.1 Å². The number of urea groups is 1. The number of primary amides is 1. The van der Waals surface area contributed by atoms with Gasteiger partial charge in [0.2, 0.25) is 5.91 Å². The number of nitrogens with zero attached hydrogens (tertiary/aromatic N) is 1. The van der Waals surface area contributed by atoms with Crippen LogP contribution in [-0.4, -0.2) is 64.0 Å². The van der Waals surface area contributed by atoms with Crippen LogP contribution in [0.3, 0.4) is 0 Å². The van der Waals surface area contributed by atoms with Crippen molar-refractivity contribution in [1.82, 2.24) is 10.2 Å². The molecule has 3 aliphatic rings. The van der Waals surface area contributed by atoms with E-state index >= 15 is 0 Å². The van der Waals surface area contributed by atoms with E-state index in [1.165, 1.54) is 25.7 Å². The average Bonchev–Trinajstić information content (AvgIpc) is 2.86. The number of carbonyl (C=O) groups is 3. The number of hydrogen-bond donors (Lipinski definition) is 3. The van der Waals surface area contributed by atoms with Crippen molar-refractivity contribution in [3.8, 4) is 0 Å². The molecular weight excluding hydrogens is 510 g/mol. The highest BCUT2D eigenvalue weighted by molar-refractivity contribution is 5.83. The molecule has 230 valence electrons. The normalized spacial score (nSPS) is 25.3. The highest BCUT2D eigenvalue weighted by Gasteiger charge is 2.58. The monoisotopic (exact) mass is 565 g/mol. The maximum absolute atomic E-state index is 13.4. The zero-order chi connectivity index (χ0) is 29.6. The van der Waals surface area contributed by atoms with E-state index in [0.29, 0.717) is 19.4 Å². The van der Waals surface area contributed by atoms with Gasteiger partial charge in [-0.3, -0.25) is 9.59 Å². The number of hydrogen-bond acceptors (Lipinski definition) is 5. The summed E-state index contributed by atoms with van der Waals surface area (Å²) in [5, 5.41) is 13.5. The molecule has 0 radical (unpaired) electrons. The average molecular weight is 566 g/mol. The second-order valence-corrected chi connectivity index (χ2v) is 13.7. The largest absolute Gasteiger partial charge is 0.481 e. The fourth-order valence-corrected chi connectivity index (χ4v) is 7.35. The van der Waals surface area contributed by atoms with E-state index in [9.17, 15) is 19.5 Å². The lowest BCUT2D eigenvalue weighted by molar-refractivity contribution is -0.304. The SMILES string of the molecule is CCCCCCCCC1(N(C(N)=O)C2(C(CNC(=O)C3OC(C)(C)OCC3(C)C)C(=O)O)CCCCC2)CCC1. The van der Waals surface area contributed by atoms with Gasteiger partial charge in [-0.05, 0) is 52.4 Å². The lowest BCUT2D eigenvalue weighted by Gasteiger charge is -2.60. The van der Waals surface area contributed by atoms with Crippen molar-refractivity contribution in [2.24, 2.45) is 17.1 Å². The van der Waals surface area contributed by atoms with Crippen molar-refractivity contribution in [2.75, 3.05) is 13.2 Å². The third-order valence-electron chi connectivity index (χ3n) is 9.71. The van der Waals surface area contributed by atoms with Gasteiger partial charge in [0, 0.05) is 17.5 Å². The molecule has 0 aromatic carbocycles. The van der Waals surface area contributed by atoms with Gasteiger partial charge in [-0.1, -0.05) is 78.6 Å². The summed E-state index contributed by atoms with van der Waals surface area (Å²) in [7, 11) is 0. The number of amides is 3. The highest BCUT2D eigenvalue weighted by Crippen LogP contribution is 2.51. The summed E-state index contributed by atoms with van der Waals surface area (Å²) in [6.45, 7) is 9.82. The number of rotatable bonds is 14. The summed E-state index contributed by atoms with van der Waals surface area (Å²) in [5.41, 5.74) is 4.26. The third kappa shape index (κ3) is 7.30. The van der Waals surface area contributed by atoms with Gasteiger partial charge in [0.15, 0.2) is 5.79 Å². The number of nitrogens with one attached hydrogen (secondary N) is 1.